The van der Waals surface area contributed by atoms with Gasteiger partial charge >= 0.3 is 0 Å². The second-order valence-electron chi connectivity index (χ2n) is 7.46. The molecule has 2 aromatic heterocycles. The maximum atomic E-state index is 12.5. The molecule has 3 aromatic rings. The van der Waals surface area contributed by atoms with E-state index in [2.05, 4.69) is 34.4 Å². The number of carbonyl (C=O) groups excluding carboxylic acids is 1. The highest BCUT2D eigenvalue weighted by atomic mass is 127. The van der Waals surface area contributed by atoms with Crippen molar-refractivity contribution in [2.45, 2.75) is 20.0 Å². The first-order valence-electron chi connectivity index (χ1n) is 10.6. The van der Waals surface area contributed by atoms with Crippen LogP contribution in [0.25, 0.3) is 0 Å². The van der Waals surface area contributed by atoms with Gasteiger partial charge in [-0.05, 0) is 24.6 Å². The number of guanidine groups is 1. The van der Waals surface area contributed by atoms with E-state index >= 15 is 0 Å². The Hall–Kier alpha value is -2.82. The van der Waals surface area contributed by atoms with E-state index in [1.165, 1.54) is 11.8 Å². The zero-order valence-corrected chi connectivity index (χ0v) is 20.5. The Bertz CT molecular complexity index is 995. The molecule has 4 rings (SSSR count). The normalized spacial score (nSPS) is 14.2. The fourth-order valence-corrected chi connectivity index (χ4v) is 3.61. The van der Waals surface area contributed by atoms with Gasteiger partial charge in [-0.1, -0.05) is 30.3 Å². The van der Waals surface area contributed by atoms with Crippen LogP contribution in [0, 0.1) is 0 Å². The predicted molar refractivity (Wildman–Crippen MR) is 134 cm³/mol. The van der Waals surface area contributed by atoms with E-state index in [9.17, 15) is 4.79 Å². The molecule has 1 aromatic carbocycles. The topological polar surface area (TPSA) is 78.9 Å². The molecule has 0 atom stereocenters. The van der Waals surface area contributed by atoms with Gasteiger partial charge in [0.15, 0.2) is 11.7 Å². The third-order valence-corrected chi connectivity index (χ3v) is 5.22. The Morgan fingerprint density at radius 2 is 1.81 bits per heavy atom. The summed E-state index contributed by atoms with van der Waals surface area (Å²) in [4.78, 5) is 21.3. The summed E-state index contributed by atoms with van der Waals surface area (Å²) >= 11 is 0. The molecule has 32 heavy (non-hydrogen) atoms. The van der Waals surface area contributed by atoms with Gasteiger partial charge in [0, 0.05) is 44.5 Å². The molecular formula is C23H29IN6O2. The van der Waals surface area contributed by atoms with E-state index in [1.807, 2.05) is 40.2 Å². The number of nitrogens with zero attached hydrogens (tertiary/aromatic N) is 5. The number of hydrogen-bond acceptors (Lipinski definition) is 4. The first kappa shape index (κ1) is 23.8. The summed E-state index contributed by atoms with van der Waals surface area (Å²) in [5, 5.41) is 7.83. The molecule has 0 unspecified atom stereocenters. The van der Waals surface area contributed by atoms with E-state index in [1.54, 1.807) is 12.1 Å². The molecule has 1 aliphatic rings. The van der Waals surface area contributed by atoms with Gasteiger partial charge in [-0.15, -0.1) is 24.0 Å². The highest BCUT2D eigenvalue weighted by molar-refractivity contribution is 14.0. The molecule has 0 radical (unpaired) electrons. The molecule has 9 heteroatoms. The minimum Gasteiger partial charge on any atom is -0.459 e. The van der Waals surface area contributed by atoms with Gasteiger partial charge < -0.3 is 19.5 Å². The summed E-state index contributed by atoms with van der Waals surface area (Å²) in [6.45, 7) is 6.88. The number of rotatable bonds is 6. The Morgan fingerprint density at radius 1 is 1.06 bits per heavy atom. The van der Waals surface area contributed by atoms with Crippen LogP contribution in [0.3, 0.4) is 0 Å². The standard InChI is InChI=1S/C23H28N6O2.HI/c1-2-24-23(28-12-10-27(11-13-28)22(30)21-9-6-14-31-21)25-15-20-16-26-29(18-20)17-19-7-4-3-5-8-19;/h3-9,14,16,18H,2,10-13,15,17H2,1H3,(H,24,25);1H. The summed E-state index contributed by atoms with van der Waals surface area (Å²) in [6, 6.07) is 13.7. The average Bonchev–Trinajstić information content (AvgIpc) is 3.50. The van der Waals surface area contributed by atoms with Gasteiger partial charge in [0.2, 0.25) is 0 Å². The van der Waals surface area contributed by atoms with Crippen LogP contribution in [-0.2, 0) is 13.1 Å². The van der Waals surface area contributed by atoms with Gasteiger partial charge in [-0.3, -0.25) is 9.48 Å². The highest BCUT2D eigenvalue weighted by Crippen LogP contribution is 2.10. The third kappa shape index (κ3) is 6.12. The second kappa shape index (κ2) is 11.7. The summed E-state index contributed by atoms with van der Waals surface area (Å²) in [5.74, 6) is 1.20. The quantitative estimate of drug-likeness (QED) is 0.291. The Morgan fingerprint density at radius 3 is 2.50 bits per heavy atom. The number of furan rings is 1. The van der Waals surface area contributed by atoms with E-state index in [0.29, 0.717) is 25.4 Å². The van der Waals surface area contributed by atoms with Crippen molar-refractivity contribution >= 4 is 35.8 Å². The molecular weight excluding hydrogens is 519 g/mol. The molecule has 0 spiro atoms. The predicted octanol–water partition coefficient (Wildman–Crippen LogP) is 3.07. The van der Waals surface area contributed by atoms with Gasteiger partial charge in [-0.25, -0.2) is 4.99 Å². The van der Waals surface area contributed by atoms with Crippen LogP contribution in [0.1, 0.15) is 28.6 Å². The zero-order valence-electron chi connectivity index (χ0n) is 18.2. The van der Waals surface area contributed by atoms with E-state index in [4.69, 9.17) is 9.41 Å². The highest BCUT2D eigenvalue weighted by Gasteiger charge is 2.25. The van der Waals surface area contributed by atoms with Crippen molar-refractivity contribution in [2.75, 3.05) is 32.7 Å². The maximum absolute atomic E-state index is 12.5. The SMILES string of the molecule is CCNC(=NCc1cnn(Cc2ccccc2)c1)N1CCN(C(=O)c2ccco2)CC1.I. The van der Waals surface area contributed by atoms with Crippen LogP contribution in [0.4, 0.5) is 0 Å². The smallest absolute Gasteiger partial charge is 0.289 e. The maximum Gasteiger partial charge on any atom is 0.289 e. The van der Waals surface area contributed by atoms with Gasteiger partial charge in [0.1, 0.15) is 0 Å². The van der Waals surface area contributed by atoms with Crippen molar-refractivity contribution in [3.63, 3.8) is 0 Å². The first-order chi connectivity index (χ1) is 15.2. The lowest BCUT2D eigenvalue weighted by atomic mass is 10.2. The molecule has 1 aliphatic heterocycles. The van der Waals surface area contributed by atoms with Gasteiger partial charge in [0.25, 0.3) is 5.91 Å². The van der Waals surface area contributed by atoms with Crippen LogP contribution < -0.4 is 5.32 Å². The summed E-state index contributed by atoms with van der Waals surface area (Å²) < 4.78 is 7.18. The minimum atomic E-state index is -0.0579. The number of carbonyl (C=O) groups is 1. The van der Waals surface area contributed by atoms with Crippen molar-refractivity contribution in [3.8, 4) is 0 Å². The van der Waals surface area contributed by atoms with E-state index in [0.717, 1.165) is 37.7 Å². The summed E-state index contributed by atoms with van der Waals surface area (Å²) in [6.07, 6.45) is 5.44. The molecule has 1 fully saturated rings. The Kier molecular flexibility index (Phi) is 8.72. The molecule has 8 nitrogen and oxygen atoms in total. The van der Waals surface area contributed by atoms with Crippen molar-refractivity contribution in [3.05, 3.63) is 78.0 Å². The molecule has 170 valence electrons. The Balaban J connectivity index is 0.00000289. The number of aliphatic imine (C=N–C) groups is 1. The van der Waals surface area contributed by atoms with Gasteiger partial charge in [-0.2, -0.15) is 5.10 Å². The Labute approximate surface area is 205 Å². The van der Waals surface area contributed by atoms with Crippen LogP contribution in [-0.4, -0.2) is 64.2 Å². The third-order valence-electron chi connectivity index (χ3n) is 5.22. The molecule has 3 heterocycles. The molecule has 1 amide bonds. The number of aromatic nitrogens is 2. The number of benzene rings is 1. The molecule has 0 aliphatic carbocycles. The van der Waals surface area contributed by atoms with Crippen LogP contribution in [0.5, 0.6) is 0 Å². The van der Waals surface area contributed by atoms with Crippen molar-refractivity contribution in [1.29, 1.82) is 0 Å². The summed E-state index contributed by atoms with van der Waals surface area (Å²) in [7, 11) is 0. The molecule has 1 N–H and O–H groups in total. The van der Waals surface area contributed by atoms with Crippen LogP contribution >= 0.6 is 24.0 Å². The first-order valence-corrected chi connectivity index (χ1v) is 10.6. The lowest BCUT2D eigenvalue weighted by Gasteiger charge is -2.36. The molecule has 1 saturated heterocycles. The van der Waals surface area contributed by atoms with Gasteiger partial charge in [0.05, 0.1) is 25.5 Å². The zero-order chi connectivity index (χ0) is 21.5. The fourth-order valence-electron chi connectivity index (χ4n) is 3.61. The average molecular weight is 548 g/mol. The van der Waals surface area contributed by atoms with Crippen LogP contribution in [0.15, 0.2) is 70.5 Å². The second-order valence-corrected chi connectivity index (χ2v) is 7.46. The number of halogens is 1. The largest absolute Gasteiger partial charge is 0.459 e. The number of nitrogens with one attached hydrogen (secondary N) is 1. The number of piperazine rings is 1. The monoisotopic (exact) mass is 548 g/mol. The van der Waals surface area contributed by atoms with Crippen LogP contribution in [0.2, 0.25) is 0 Å². The minimum absolute atomic E-state index is 0. The fraction of sp³-hybridized carbons (Fsp3) is 0.348. The molecule has 0 bridgehead atoms. The lowest BCUT2D eigenvalue weighted by molar-refractivity contribution is 0.0657. The van der Waals surface area contributed by atoms with Crippen molar-refractivity contribution < 1.29 is 9.21 Å². The number of amides is 1. The van der Waals surface area contributed by atoms with E-state index in [-0.39, 0.29) is 29.9 Å². The lowest BCUT2D eigenvalue weighted by Crippen LogP contribution is -2.53. The van der Waals surface area contributed by atoms with Crippen molar-refractivity contribution in [2.24, 2.45) is 4.99 Å². The number of hydrogen-bond donors (Lipinski definition) is 1. The molecule has 0 saturated carbocycles. The van der Waals surface area contributed by atoms with E-state index < -0.39 is 0 Å². The summed E-state index contributed by atoms with van der Waals surface area (Å²) in [5.41, 5.74) is 2.29. The van der Waals surface area contributed by atoms with Crippen molar-refractivity contribution in [1.82, 2.24) is 24.9 Å².